The number of hydrogen-bond donors (Lipinski definition) is 1. The average Bonchev–Trinajstić information content (AvgIpc) is 3.43. The second-order valence-corrected chi connectivity index (χ2v) is 7.27. The number of rotatable bonds is 2. The highest BCUT2D eigenvalue weighted by Crippen LogP contribution is 2.39. The first kappa shape index (κ1) is 15.5. The van der Waals surface area contributed by atoms with Crippen molar-refractivity contribution in [3.05, 3.63) is 77.6 Å². The van der Waals surface area contributed by atoms with Gasteiger partial charge in [-0.2, -0.15) is 4.98 Å². The fourth-order valence-electron chi connectivity index (χ4n) is 4.06. The van der Waals surface area contributed by atoms with Crippen molar-refractivity contribution < 1.29 is 8.83 Å². The molecule has 1 atom stereocenters. The van der Waals surface area contributed by atoms with Gasteiger partial charge in [-0.05, 0) is 36.8 Å². The van der Waals surface area contributed by atoms with Gasteiger partial charge in [0, 0.05) is 24.0 Å². The molecule has 28 heavy (non-hydrogen) atoms. The SMILES string of the molecule is Cc1ccc2oc(N3CCc4[nH]cnc4[C@H]3c3cc4ccccc4o3)nc2c1. The molecule has 6 rings (SSSR count). The zero-order chi connectivity index (χ0) is 18.7. The normalized spacial score (nSPS) is 16.8. The molecule has 1 N–H and O–H groups in total. The number of nitrogens with zero attached hydrogens (tertiary/aromatic N) is 3. The van der Waals surface area contributed by atoms with Crippen LogP contribution in [0.4, 0.5) is 6.01 Å². The van der Waals surface area contributed by atoms with Gasteiger partial charge in [-0.25, -0.2) is 4.98 Å². The van der Waals surface area contributed by atoms with Gasteiger partial charge in [0.25, 0.3) is 6.01 Å². The van der Waals surface area contributed by atoms with Gasteiger partial charge in [0.05, 0.1) is 12.0 Å². The minimum Gasteiger partial charge on any atom is -0.458 e. The number of furan rings is 1. The van der Waals surface area contributed by atoms with E-state index in [2.05, 4.69) is 33.9 Å². The Labute approximate surface area is 160 Å². The van der Waals surface area contributed by atoms with Crippen LogP contribution in [0.2, 0.25) is 0 Å². The van der Waals surface area contributed by atoms with Crippen LogP contribution in [0.1, 0.15) is 28.8 Å². The highest BCUT2D eigenvalue weighted by Gasteiger charge is 2.36. The third-order valence-electron chi connectivity index (χ3n) is 5.42. The van der Waals surface area contributed by atoms with Gasteiger partial charge >= 0.3 is 0 Å². The summed E-state index contributed by atoms with van der Waals surface area (Å²) in [6.07, 6.45) is 2.60. The van der Waals surface area contributed by atoms with Crippen molar-refractivity contribution in [3.63, 3.8) is 0 Å². The van der Waals surface area contributed by atoms with E-state index in [4.69, 9.17) is 13.8 Å². The molecule has 0 aliphatic carbocycles. The lowest BCUT2D eigenvalue weighted by Crippen LogP contribution is -2.36. The van der Waals surface area contributed by atoms with E-state index in [9.17, 15) is 0 Å². The number of aromatic nitrogens is 3. The summed E-state index contributed by atoms with van der Waals surface area (Å²) in [5.41, 5.74) is 5.78. The van der Waals surface area contributed by atoms with Crippen LogP contribution in [0.3, 0.4) is 0 Å². The second-order valence-electron chi connectivity index (χ2n) is 7.27. The van der Waals surface area contributed by atoms with Gasteiger partial charge in [0.1, 0.15) is 22.9 Å². The molecule has 0 radical (unpaired) electrons. The number of imidazole rings is 1. The van der Waals surface area contributed by atoms with E-state index in [1.165, 1.54) is 0 Å². The number of para-hydroxylation sites is 1. The summed E-state index contributed by atoms with van der Waals surface area (Å²) in [5.74, 6) is 0.840. The first-order chi connectivity index (χ1) is 13.8. The van der Waals surface area contributed by atoms with Crippen LogP contribution >= 0.6 is 0 Å². The third kappa shape index (κ3) is 2.27. The van der Waals surface area contributed by atoms with Crippen LogP contribution in [0.25, 0.3) is 22.1 Å². The van der Waals surface area contributed by atoms with Gasteiger partial charge in [0.15, 0.2) is 5.58 Å². The summed E-state index contributed by atoms with van der Waals surface area (Å²) in [6.45, 7) is 2.82. The Bertz CT molecular complexity index is 1280. The number of oxazole rings is 1. The molecule has 6 heteroatoms. The first-order valence-corrected chi connectivity index (χ1v) is 9.41. The number of aromatic amines is 1. The van der Waals surface area contributed by atoms with Crippen molar-refractivity contribution in [3.8, 4) is 0 Å². The Morgan fingerprint density at radius 2 is 2.00 bits per heavy atom. The van der Waals surface area contributed by atoms with Crippen LogP contribution < -0.4 is 4.90 Å². The fourth-order valence-corrected chi connectivity index (χ4v) is 4.06. The first-order valence-electron chi connectivity index (χ1n) is 9.41. The zero-order valence-corrected chi connectivity index (χ0v) is 15.3. The van der Waals surface area contributed by atoms with Crippen LogP contribution in [-0.2, 0) is 6.42 Å². The van der Waals surface area contributed by atoms with E-state index < -0.39 is 0 Å². The number of benzene rings is 2. The molecule has 0 fully saturated rings. The topological polar surface area (TPSA) is 71.1 Å². The Morgan fingerprint density at radius 1 is 1.07 bits per heavy atom. The number of aryl methyl sites for hydroxylation is 1. The number of anilines is 1. The van der Waals surface area contributed by atoms with E-state index in [1.54, 1.807) is 6.33 Å². The molecule has 0 bridgehead atoms. The van der Waals surface area contributed by atoms with E-state index in [-0.39, 0.29) is 6.04 Å². The van der Waals surface area contributed by atoms with Crippen LogP contribution in [-0.4, -0.2) is 21.5 Å². The molecule has 5 aromatic rings. The summed E-state index contributed by atoms with van der Waals surface area (Å²) in [5, 5.41) is 1.08. The summed E-state index contributed by atoms with van der Waals surface area (Å²) < 4.78 is 12.3. The molecule has 0 amide bonds. The largest absolute Gasteiger partial charge is 0.458 e. The molecule has 0 spiro atoms. The molecule has 2 aromatic carbocycles. The molecule has 3 aromatic heterocycles. The number of hydrogen-bond acceptors (Lipinski definition) is 5. The lowest BCUT2D eigenvalue weighted by atomic mass is 10.0. The lowest BCUT2D eigenvalue weighted by Gasteiger charge is -2.32. The van der Waals surface area contributed by atoms with Crippen molar-refractivity contribution in [2.45, 2.75) is 19.4 Å². The van der Waals surface area contributed by atoms with Crippen molar-refractivity contribution in [2.75, 3.05) is 11.4 Å². The maximum atomic E-state index is 6.21. The summed E-state index contributed by atoms with van der Waals surface area (Å²) in [7, 11) is 0. The fraction of sp³-hybridized carbons (Fsp3) is 0.182. The zero-order valence-electron chi connectivity index (χ0n) is 15.3. The van der Waals surface area contributed by atoms with Crippen molar-refractivity contribution >= 4 is 28.1 Å². The molecule has 0 saturated heterocycles. The average molecular weight is 370 g/mol. The molecule has 0 saturated carbocycles. The van der Waals surface area contributed by atoms with Crippen molar-refractivity contribution in [1.29, 1.82) is 0 Å². The van der Waals surface area contributed by atoms with E-state index in [0.717, 1.165) is 57.7 Å². The number of nitrogens with one attached hydrogen (secondary N) is 1. The lowest BCUT2D eigenvalue weighted by molar-refractivity contribution is 0.458. The number of H-pyrrole nitrogens is 1. The van der Waals surface area contributed by atoms with Gasteiger partial charge in [-0.3, -0.25) is 0 Å². The predicted molar refractivity (Wildman–Crippen MR) is 106 cm³/mol. The molecule has 6 nitrogen and oxygen atoms in total. The monoisotopic (exact) mass is 370 g/mol. The molecular weight excluding hydrogens is 352 g/mol. The van der Waals surface area contributed by atoms with Gasteiger partial charge in [-0.1, -0.05) is 24.3 Å². The minimum absolute atomic E-state index is 0.184. The standard InChI is InChI=1S/C22H18N4O2/c1-13-6-7-18-16(10-13)25-22(28-18)26-9-8-15-20(24-12-23-15)21(26)19-11-14-4-2-3-5-17(14)27-19/h2-7,10-12,21H,8-9H2,1H3,(H,23,24)/t21-/m1/s1. The molecular formula is C22H18N4O2. The van der Waals surface area contributed by atoms with Gasteiger partial charge in [0.2, 0.25) is 0 Å². The van der Waals surface area contributed by atoms with E-state index in [1.807, 2.05) is 36.4 Å². The summed E-state index contributed by atoms with van der Waals surface area (Å²) >= 11 is 0. The van der Waals surface area contributed by atoms with E-state index >= 15 is 0 Å². The Kier molecular flexibility index (Phi) is 3.17. The third-order valence-corrected chi connectivity index (χ3v) is 5.42. The highest BCUT2D eigenvalue weighted by atomic mass is 16.4. The quantitative estimate of drug-likeness (QED) is 0.485. The van der Waals surface area contributed by atoms with Gasteiger partial charge < -0.3 is 18.7 Å². The molecule has 4 heterocycles. The maximum Gasteiger partial charge on any atom is 0.299 e. The van der Waals surface area contributed by atoms with Crippen LogP contribution in [0.5, 0.6) is 0 Å². The Balaban J connectivity index is 1.52. The number of fused-ring (bicyclic) bond motifs is 3. The highest BCUT2D eigenvalue weighted by molar-refractivity contribution is 5.78. The Hall–Kier alpha value is -3.54. The molecule has 1 aliphatic rings. The maximum absolute atomic E-state index is 6.21. The van der Waals surface area contributed by atoms with Crippen molar-refractivity contribution in [1.82, 2.24) is 15.0 Å². The second kappa shape index (κ2) is 5.73. The smallest absolute Gasteiger partial charge is 0.299 e. The van der Waals surface area contributed by atoms with Crippen LogP contribution in [0, 0.1) is 6.92 Å². The summed E-state index contributed by atoms with van der Waals surface area (Å²) in [6, 6.07) is 16.6. The summed E-state index contributed by atoms with van der Waals surface area (Å²) in [4.78, 5) is 14.8. The van der Waals surface area contributed by atoms with Crippen molar-refractivity contribution in [2.24, 2.45) is 0 Å². The molecule has 138 valence electrons. The predicted octanol–water partition coefficient (Wildman–Crippen LogP) is 4.76. The van der Waals surface area contributed by atoms with E-state index in [0.29, 0.717) is 6.01 Å². The van der Waals surface area contributed by atoms with Gasteiger partial charge in [-0.15, -0.1) is 0 Å². The minimum atomic E-state index is -0.184. The Morgan fingerprint density at radius 3 is 2.93 bits per heavy atom. The molecule has 0 unspecified atom stereocenters. The van der Waals surface area contributed by atoms with Crippen LogP contribution in [0.15, 0.2) is 63.7 Å². The molecule has 1 aliphatic heterocycles.